The van der Waals surface area contributed by atoms with Gasteiger partial charge < -0.3 is 5.11 Å². The fraction of sp³-hybridized carbons (Fsp3) is 0.0909. The Balaban J connectivity index is 1.95. The molecule has 0 bridgehead atoms. The van der Waals surface area contributed by atoms with Crippen LogP contribution in [0.4, 0.5) is 0 Å². The van der Waals surface area contributed by atoms with E-state index in [0.717, 1.165) is 5.56 Å². The monoisotopic (exact) mass is 298 g/mol. The SMILES string of the molecule is CC1=Cc2cccc(-c3ccccc3)c2C1c1ccccc1O. The van der Waals surface area contributed by atoms with E-state index in [1.165, 1.54) is 27.8 Å². The van der Waals surface area contributed by atoms with E-state index in [-0.39, 0.29) is 5.92 Å². The number of aromatic hydroxyl groups is 1. The summed E-state index contributed by atoms with van der Waals surface area (Å²) >= 11 is 0. The van der Waals surface area contributed by atoms with Crippen LogP contribution in [0.5, 0.6) is 5.75 Å². The third-order valence-corrected chi connectivity index (χ3v) is 4.60. The average molecular weight is 298 g/mol. The third kappa shape index (κ3) is 2.25. The normalized spacial score (nSPS) is 16.0. The highest BCUT2D eigenvalue weighted by Crippen LogP contribution is 2.47. The van der Waals surface area contributed by atoms with Crippen LogP contribution in [0.15, 0.2) is 78.4 Å². The number of para-hydroxylation sites is 1. The summed E-state index contributed by atoms with van der Waals surface area (Å²) < 4.78 is 0. The summed E-state index contributed by atoms with van der Waals surface area (Å²) in [6.07, 6.45) is 2.24. The molecule has 4 rings (SSSR count). The zero-order valence-electron chi connectivity index (χ0n) is 13.0. The predicted molar refractivity (Wildman–Crippen MR) is 95.5 cm³/mol. The lowest BCUT2D eigenvalue weighted by Crippen LogP contribution is -2.02. The van der Waals surface area contributed by atoms with Crippen molar-refractivity contribution in [2.45, 2.75) is 12.8 Å². The molecule has 0 fully saturated rings. The molecule has 1 N–H and O–H groups in total. The summed E-state index contributed by atoms with van der Waals surface area (Å²) in [5, 5.41) is 10.3. The minimum Gasteiger partial charge on any atom is -0.508 e. The third-order valence-electron chi connectivity index (χ3n) is 4.60. The molecule has 1 heteroatoms. The van der Waals surface area contributed by atoms with Crippen molar-refractivity contribution in [2.24, 2.45) is 0 Å². The van der Waals surface area contributed by atoms with Gasteiger partial charge in [0.2, 0.25) is 0 Å². The summed E-state index contributed by atoms with van der Waals surface area (Å²) in [6, 6.07) is 24.6. The van der Waals surface area contributed by atoms with Crippen molar-refractivity contribution in [3.63, 3.8) is 0 Å². The van der Waals surface area contributed by atoms with Crippen LogP contribution < -0.4 is 0 Å². The molecule has 0 aromatic heterocycles. The number of hydrogen-bond donors (Lipinski definition) is 1. The molecule has 0 saturated carbocycles. The second kappa shape index (κ2) is 5.44. The number of benzene rings is 3. The summed E-state index contributed by atoms with van der Waals surface area (Å²) in [5.74, 6) is 0.476. The number of hydrogen-bond acceptors (Lipinski definition) is 1. The van der Waals surface area contributed by atoms with E-state index in [9.17, 15) is 5.11 Å². The van der Waals surface area contributed by atoms with Crippen molar-refractivity contribution < 1.29 is 5.11 Å². The molecule has 112 valence electrons. The topological polar surface area (TPSA) is 20.2 Å². The van der Waals surface area contributed by atoms with Gasteiger partial charge in [-0.25, -0.2) is 0 Å². The van der Waals surface area contributed by atoms with Crippen molar-refractivity contribution in [3.8, 4) is 16.9 Å². The maximum Gasteiger partial charge on any atom is 0.119 e. The van der Waals surface area contributed by atoms with Gasteiger partial charge in [0.05, 0.1) is 0 Å². The molecule has 0 heterocycles. The highest BCUT2D eigenvalue weighted by Gasteiger charge is 2.28. The van der Waals surface area contributed by atoms with E-state index in [0.29, 0.717) is 5.75 Å². The van der Waals surface area contributed by atoms with Gasteiger partial charge in [0, 0.05) is 11.5 Å². The second-order valence-electron chi connectivity index (χ2n) is 6.05. The van der Waals surface area contributed by atoms with Gasteiger partial charge in [-0.05, 0) is 35.2 Å². The fourth-order valence-electron chi connectivity index (χ4n) is 3.59. The zero-order chi connectivity index (χ0) is 15.8. The lowest BCUT2D eigenvalue weighted by Gasteiger charge is -2.20. The van der Waals surface area contributed by atoms with Gasteiger partial charge in [-0.1, -0.05) is 78.4 Å². The van der Waals surface area contributed by atoms with Crippen LogP contribution in [-0.4, -0.2) is 5.11 Å². The molecular weight excluding hydrogens is 280 g/mol. The molecule has 0 radical (unpaired) electrons. The first-order valence-electron chi connectivity index (χ1n) is 7.90. The van der Waals surface area contributed by atoms with E-state index in [4.69, 9.17) is 0 Å². The number of rotatable bonds is 2. The summed E-state index contributed by atoms with van der Waals surface area (Å²) in [4.78, 5) is 0. The smallest absolute Gasteiger partial charge is 0.119 e. The molecule has 1 aliphatic rings. The first kappa shape index (κ1) is 13.8. The van der Waals surface area contributed by atoms with Gasteiger partial charge in [-0.2, -0.15) is 0 Å². The first-order chi connectivity index (χ1) is 11.3. The standard InChI is InChI=1S/C22H18O/c1-15-14-17-10-7-12-18(16-8-3-2-4-9-16)22(17)21(15)19-11-5-6-13-20(19)23/h2-14,21,23H,1H3. The van der Waals surface area contributed by atoms with Gasteiger partial charge in [0.15, 0.2) is 0 Å². The molecule has 3 aromatic carbocycles. The second-order valence-corrected chi connectivity index (χ2v) is 6.05. The predicted octanol–water partition coefficient (Wildman–Crippen LogP) is 5.61. The summed E-state index contributed by atoms with van der Waals surface area (Å²) in [7, 11) is 0. The Kier molecular flexibility index (Phi) is 3.27. The van der Waals surface area contributed by atoms with Crippen LogP contribution in [0.3, 0.4) is 0 Å². The molecule has 23 heavy (non-hydrogen) atoms. The number of fused-ring (bicyclic) bond motifs is 1. The molecule has 0 aliphatic heterocycles. The van der Waals surface area contributed by atoms with Gasteiger partial charge in [0.1, 0.15) is 5.75 Å². The molecule has 3 aromatic rings. The molecule has 1 aliphatic carbocycles. The summed E-state index contributed by atoms with van der Waals surface area (Å²) in [6.45, 7) is 2.14. The van der Waals surface area contributed by atoms with Crippen molar-refractivity contribution in [1.29, 1.82) is 0 Å². The Bertz CT molecular complexity index is 891. The van der Waals surface area contributed by atoms with Crippen LogP contribution in [0, 0.1) is 0 Å². The highest BCUT2D eigenvalue weighted by atomic mass is 16.3. The lowest BCUT2D eigenvalue weighted by atomic mass is 9.84. The van der Waals surface area contributed by atoms with Gasteiger partial charge in [-0.15, -0.1) is 0 Å². The molecular formula is C22H18O. The molecule has 1 nitrogen and oxygen atoms in total. The van der Waals surface area contributed by atoms with Crippen LogP contribution in [0.1, 0.15) is 29.5 Å². The van der Waals surface area contributed by atoms with Crippen molar-refractivity contribution >= 4 is 6.08 Å². The molecule has 0 spiro atoms. The van der Waals surface area contributed by atoms with Crippen molar-refractivity contribution in [3.05, 3.63) is 95.1 Å². The van der Waals surface area contributed by atoms with Crippen LogP contribution in [-0.2, 0) is 0 Å². The minimum atomic E-state index is 0.114. The van der Waals surface area contributed by atoms with E-state index in [1.807, 2.05) is 24.3 Å². The van der Waals surface area contributed by atoms with E-state index in [2.05, 4.69) is 55.5 Å². The quantitative estimate of drug-likeness (QED) is 0.652. The van der Waals surface area contributed by atoms with Crippen molar-refractivity contribution in [1.82, 2.24) is 0 Å². The molecule has 1 unspecified atom stereocenters. The molecule has 1 atom stereocenters. The maximum absolute atomic E-state index is 10.3. The van der Waals surface area contributed by atoms with E-state index >= 15 is 0 Å². The van der Waals surface area contributed by atoms with Crippen molar-refractivity contribution in [2.75, 3.05) is 0 Å². The van der Waals surface area contributed by atoms with Gasteiger partial charge in [-0.3, -0.25) is 0 Å². The molecule has 0 saturated heterocycles. The lowest BCUT2D eigenvalue weighted by molar-refractivity contribution is 0.467. The first-order valence-corrected chi connectivity index (χ1v) is 7.90. The number of allylic oxidation sites excluding steroid dienone is 1. The number of phenols is 1. The van der Waals surface area contributed by atoms with Gasteiger partial charge in [0.25, 0.3) is 0 Å². The van der Waals surface area contributed by atoms with E-state index in [1.54, 1.807) is 6.07 Å². The van der Waals surface area contributed by atoms with Crippen LogP contribution >= 0.6 is 0 Å². The largest absolute Gasteiger partial charge is 0.508 e. The zero-order valence-corrected chi connectivity index (χ0v) is 13.0. The maximum atomic E-state index is 10.3. The minimum absolute atomic E-state index is 0.114. The molecule has 0 amide bonds. The van der Waals surface area contributed by atoms with Gasteiger partial charge >= 0.3 is 0 Å². The Morgan fingerprint density at radius 3 is 2.30 bits per heavy atom. The fourth-order valence-corrected chi connectivity index (χ4v) is 3.59. The summed E-state index contributed by atoms with van der Waals surface area (Å²) in [5.41, 5.74) is 7.24. The Morgan fingerprint density at radius 1 is 0.783 bits per heavy atom. The number of phenolic OH excluding ortho intramolecular Hbond substituents is 1. The Labute approximate surface area is 136 Å². The highest BCUT2D eigenvalue weighted by molar-refractivity contribution is 5.80. The Morgan fingerprint density at radius 2 is 1.52 bits per heavy atom. The Hall–Kier alpha value is -2.80. The van der Waals surface area contributed by atoms with Crippen LogP contribution in [0.25, 0.3) is 17.2 Å². The van der Waals surface area contributed by atoms with E-state index < -0.39 is 0 Å². The van der Waals surface area contributed by atoms with Crippen LogP contribution in [0.2, 0.25) is 0 Å². The average Bonchev–Trinajstić information content (AvgIpc) is 2.92.